The van der Waals surface area contributed by atoms with Crippen molar-refractivity contribution < 1.29 is 28.8 Å². The fourth-order valence-corrected chi connectivity index (χ4v) is 3.67. The molecule has 166 valence electrons. The van der Waals surface area contributed by atoms with Crippen molar-refractivity contribution in [3.8, 4) is 0 Å². The molecule has 3 rings (SSSR count). The van der Waals surface area contributed by atoms with Crippen molar-refractivity contribution in [1.29, 1.82) is 0 Å². The third-order valence-electron chi connectivity index (χ3n) is 5.41. The molecular formula is C22H21N3O7. The summed E-state index contributed by atoms with van der Waals surface area (Å²) in [5, 5.41) is 13.4. The number of non-ortho nitro benzene ring substituents is 1. The zero-order valence-corrected chi connectivity index (χ0v) is 17.6. The summed E-state index contributed by atoms with van der Waals surface area (Å²) in [5.74, 6) is -1.36. The number of methoxy groups -OCH3 is 1. The van der Waals surface area contributed by atoms with E-state index in [1.807, 2.05) is 0 Å². The highest BCUT2D eigenvalue weighted by molar-refractivity contribution is 6.07. The van der Waals surface area contributed by atoms with E-state index in [4.69, 9.17) is 4.74 Å². The van der Waals surface area contributed by atoms with Crippen LogP contribution in [0.25, 0.3) is 0 Å². The zero-order valence-electron chi connectivity index (χ0n) is 17.6. The van der Waals surface area contributed by atoms with Crippen molar-refractivity contribution in [1.82, 2.24) is 4.90 Å². The Morgan fingerprint density at radius 2 is 1.66 bits per heavy atom. The first-order valence-electron chi connectivity index (χ1n) is 9.63. The van der Waals surface area contributed by atoms with Gasteiger partial charge in [0.25, 0.3) is 17.5 Å². The van der Waals surface area contributed by atoms with Gasteiger partial charge in [-0.05, 0) is 50.2 Å². The Balaban J connectivity index is 1.77. The average molecular weight is 439 g/mol. The lowest BCUT2D eigenvalue weighted by atomic mass is 9.98. The maximum absolute atomic E-state index is 13.1. The number of likely N-dealkylation sites (tertiary alicyclic amines) is 1. The highest BCUT2D eigenvalue weighted by Gasteiger charge is 2.56. The van der Waals surface area contributed by atoms with Gasteiger partial charge in [0.05, 0.1) is 10.5 Å². The first-order chi connectivity index (χ1) is 15.1. The number of ketones is 1. The van der Waals surface area contributed by atoms with Crippen LogP contribution in [0.2, 0.25) is 0 Å². The smallest absolute Gasteiger partial charge is 0.269 e. The van der Waals surface area contributed by atoms with Crippen LogP contribution in [-0.4, -0.2) is 58.5 Å². The number of carbonyl (C=O) groups is 4. The molecule has 0 aromatic heterocycles. The molecule has 2 amide bonds. The number of anilines is 1. The van der Waals surface area contributed by atoms with Crippen LogP contribution in [0.3, 0.4) is 0 Å². The van der Waals surface area contributed by atoms with Crippen molar-refractivity contribution in [3.05, 3.63) is 69.8 Å². The van der Waals surface area contributed by atoms with E-state index in [-0.39, 0.29) is 22.6 Å². The molecule has 10 heteroatoms. The minimum atomic E-state index is -1.23. The van der Waals surface area contributed by atoms with Gasteiger partial charge in [0, 0.05) is 36.1 Å². The molecule has 1 N–H and O–H groups in total. The molecule has 0 aliphatic carbocycles. The molecule has 32 heavy (non-hydrogen) atoms. The van der Waals surface area contributed by atoms with Crippen LogP contribution in [0.1, 0.15) is 34.6 Å². The lowest BCUT2D eigenvalue weighted by Gasteiger charge is -2.32. The maximum Gasteiger partial charge on any atom is 0.269 e. The van der Waals surface area contributed by atoms with Crippen molar-refractivity contribution in [3.63, 3.8) is 0 Å². The number of hydrogen-bond donors (Lipinski definition) is 1. The van der Waals surface area contributed by atoms with Crippen LogP contribution < -0.4 is 5.32 Å². The van der Waals surface area contributed by atoms with E-state index >= 15 is 0 Å². The fourth-order valence-electron chi connectivity index (χ4n) is 3.67. The first-order valence-corrected chi connectivity index (χ1v) is 9.63. The van der Waals surface area contributed by atoms with Gasteiger partial charge >= 0.3 is 0 Å². The minimum absolute atomic E-state index is 0.128. The quantitative estimate of drug-likeness (QED) is 0.414. The van der Waals surface area contributed by atoms with Crippen LogP contribution >= 0.6 is 0 Å². The number of carbonyl (C=O) groups excluding carboxylic acids is 4. The molecule has 1 fully saturated rings. The third kappa shape index (κ3) is 4.00. The lowest BCUT2D eigenvalue weighted by Crippen LogP contribution is -2.50. The van der Waals surface area contributed by atoms with E-state index in [1.165, 1.54) is 60.5 Å². The van der Waals surface area contributed by atoms with Gasteiger partial charge in [-0.3, -0.25) is 24.5 Å². The number of hydrogen-bond acceptors (Lipinski definition) is 7. The van der Waals surface area contributed by atoms with E-state index in [2.05, 4.69) is 5.32 Å². The highest BCUT2D eigenvalue weighted by atomic mass is 16.6. The van der Waals surface area contributed by atoms with Gasteiger partial charge in [-0.25, -0.2) is 0 Å². The molecule has 1 heterocycles. The second kappa shape index (κ2) is 8.67. The molecule has 1 aliphatic rings. The fraction of sp³-hybridized carbons (Fsp3) is 0.273. The number of benzene rings is 2. The summed E-state index contributed by atoms with van der Waals surface area (Å²) in [6.07, 6.45) is -0.510. The number of amides is 2. The monoisotopic (exact) mass is 439 g/mol. The number of nitro benzene ring substituents is 1. The van der Waals surface area contributed by atoms with E-state index < -0.39 is 34.4 Å². The van der Waals surface area contributed by atoms with Crippen LogP contribution in [0.4, 0.5) is 11.4 Å². The average Bonchev–Trinajstić information content (AvgIpc) is 2.98. The molecule has 0 bridgehead atoms. The second-order valence-corrected chi connectivity index (χ2v) is 7.72. The van der Waals surface area contributed by atoms with Gasteiger partial charge in [-0.1, -0.05) is 0 Å². The molecule has 2 aromatic rings. The van der Waals surface area contributed by atoms with Crippen LogP contribution in [0.15, 0.2) is 48.5 Å². The normalized spacial score (nSPS) is 19.5. The van der Waals surface area contributed by atoms with Crippen molar-refractivity contribution in [2.45, 2.75) is 31.5 Å². The Morgan fingerprint density at radius 3 is 2.16 bits per heavy atom. The van der Waals surface area contributed by atoms with E-state index in [0.29, 0.717) is 12.0 Å². The molecule has 1 saturated heterocycles. The van der Waals surface area contributed by atoms with E-state index in [0.717, 1.165) is 0 Å². The van der Waals surface area contributed by atoms with Crippen molar-refractivity contribution >= 4 is 35.3 Å². The van der Waals surface area contributed by atoms with E-state index in [1.54, 1.807) is 13.8 Å². The largest absolute Gasteiger partial charge is 0.371 e. The Labute approximate surface area is 183 Å². The first kappa shape index (κ1) is 22.8. The predicted molar refractivity (Wildman–Crippen MR) is 113 cm³/mol. The van der Waals surface area contributed by atoms with Gasteiger partial charge < -0.3 is 19.7 Å². The molecule has 1 aliphatic heterocycles. The van der Waals surface area contributed by atoms with Crippen molar-refractivity contribution in [2.24, 2.45) is 0 Å². The summed E-state index contributed by atoms with van der Waals surface area (Å²) in [6, 6.07) is 10.0. The number of nitro groups is 1. The zero-order chi connectivity index (χ0) is 23.6. The molecule has 0 saturated carbocycles. The standard InChI is InChI=1S/C22H21N3O7/c1-22(2)19(27)18(32-3)17(12-26)24(22)21(29)14-4-8-15(9-5-14)23-20(28)13-6-10-16(11-7-13)25(30)31/h4-12,17-18H,1-3H3,(H,23,28)/t17-,18+/m1/s1. The van der Waals surface area contributed by atoms with Gasteiger partial charge in [-0.2, -0.15) is 0 Å². The Bertz CT molecular complexity index is 1080. The van der Waals surface area contributed by atoms with Gasteiger partial charge in [0.15, 0.2) is 5.78 Å². The molecule has 2 atom stereocenters. The molecule has 0 spiro atoms. The van der Waals surface area contributed by atoms with Crippen molar-refractivity contribution in [2.75, 3.05) is 12.4 Å². The summed E-state index contributed by atoms with van der Waals surface area (Å²) >= 11 is 0. The van der Waals surface area contributed by atoms with Gasteiger partial charge in [0.2, 0.25) is 0 Å². The molecular weight excluding hydrogens is 418 g/mol. The summed E-state index contributed by atoms with van der Waals surface area (Å²) in [6.45, 7) is 3.11. The summed E-state index contributed by atoms with van der Waals surface area (Å²) < 4.78 is 5.14. The number of nitrogens with one attached hydrogen (secondary N) is 1. The number of ether oxygens (including phenoxy) is 1. The maximum atomic E-state index is 13.1. The summed E-state index contributed by atoms with van der Waals surface area (Å²) in [4.78, 5) is 61.0. The van der Waals surface area contributed by atoms with Crippen LogP contribution in [0.5, 0.6) is 0 Å². The van der Waals surface area contributed by atoms with Crippen LogP contribution in [0, 0.1) is 10.1 Å². The SMILES string of the molecule is CO[C@@H]1C(=O)C(C)(C)N(C(=O)c2ccc(NC(=O)c3ccc([N+](=O)[O-])cc3)cc2)[C@@H]1C=O. The lowest BCUT2D eigenvalue weighted by molar-refractivity contribution is -0.384. The minimum Gasteiger partial charge on any atom is -0.371 e. The van der Waals surface area contributed by atoms with E-state index in [9.17, 15) is 29.3 Å². The summed E-state index contributed by atoms with van der Waals surface area (Å²) in [7, 11) is 1.31. The molecule has 2 aromatic carbocycles. The van der Waals surface area contributed by atoms with Gasteiger partial charge in [-0.15, -0.1) is 0 Å². The second-order valence-electron chi connectivity index (χ2n) is 7.72. The Morgan fingerprint density at radius 1 is 1.09 bits per heavy atom. The number of rotatable bonds is 6. The summed E-state index contributed by atoms with van der Waals surface area (Å²) in [5.41, 5.74) is -0.512. The molecule has 10 nitrogen and oxygen atoms in total. The Hall–Kier alpha value is -3.92. The highest BCUT2D eigenvalue weighted by Crippen LogP contribution is 2.33. The van der Waals surface area contributed by atoms with Crippen LogP contribution in [-0.2, 0) is 14.3 Å². The predicted octanol–water partition coefficient (Wildman–Crippen LogP) is 2.23. The number of aldehydes is 1. The van der Waals surface area contributed by atoms with Gasteiger partial charge in [0.1, 0.15) is 18.4 Å². The number of Topliss-reactive ketones (excluding diaryl/α,β-unsaturated/α-hetero) is 1. The number of nitrogens with zero attached hydrogens (tertiary/aromatic N) is 2. The topological polar surface area (TPSA) is 136 Å². The Kier molecular flexibility index (Phi) is 6.17. The molecule has 0 unspecified atom stereocenters. The molecule has 0 radical (unpaired) electrons. The third-order valence-corrected chi connectivity index (χ3v) is 5.41.